The van der Waals surface area contributed by atoms with E-state index >= 15 is 0 Å². The monoisotopic (exact) mass is 596 g/mol. The second-order valence-corrected chi connectivity index (χ2v) is 10.1. The van der Waals surface area contributed by atoms with Crippen LogP contribution in [0, 0.1) is 0 Å². The minimum atomic E-state index is -5.04. The lowest BCUT2D eigenvalue weighted by atomic mass is 9.90. The fraction of sp³-hybridized carbons (Fsp3) is 0.200. The van der Waals surface area contributed by atoms with E-state index in [2.05, 4.69) is 4.99 Å². The number of halogens is 3. The number of aromatic nitrogens is 1. The van der Waals surface area contributed by atoms with Gasteiger partial charge in [0.15, 0.2) is 10.5 Å². The van der Waals surface area contributed by atoms with Crippen molar-refractivity contribution >= 4 is 40.1 Å². The zero-order valence-electron chi connectivity index (χ0n) is 22.5. The first-order valence-corrected chi connectivity index (χ1v) is 13.4. The molecule has 0 saturated heterocycles. The first-order chi connectivity index (χ1) is 20.1. The van der Waals surface area contributed by atoms with Crippen molar-refractivity contribution in [3.05, 3.63) is 108 Å². The topological polar surface area (TPSA) is 96.2 Å². The van der Waals surface area contributed by atoms with Crippen LogP contribution >= 0.6 is 11.3 Å². The molecule has 0 fully saturated rings. The number of nitrogens with zero attached hydrogens (tertiary/aromatic N) is 2. The smallest absolute Gasteiger partial charge is 0.434 e. The Morgan fingerprint density at radius 1 is 1.02 bits per heavy atom. The highest BCUT2D eigenvalue weighted by Gasteiger charge is 2.46. The summed E-state index contributed by atoms with van der Waals surface area (Å²) in [5, 5.41) is 1.15. The molecule has 0 aliphatic carbocycles. The third kappa shape index (κ3) is 5.09. The van der Waals surface area contributed by atoms with Gasteiger partial charge in [-0.2, -0.15) is 13.2 Å². The summed E-state index contributed by atoms with van der Waals surface area (Å²) < 4.78 is 60.1. The van der Waals surface area contributed by atoms with Gasteiger partial charge in [0, 0.05) is 5.56 Å². The van der Waals surface area contributed by atoms with Crippen LogP contribution in [0.15, 0.2) is 81.7 Å². The zero-order valence-corrected chi connectivity index (χ0v) is 23.3. The molecule has 0 radical (unpaired) electrons. The number of hydrogen-bond acceptors (Lipinski definition) is 8. The summed E-state index contributed by atoms with van der Waals surface area (Å²) in [6, 6.07) is 14.8. The van der Waals surface area contributed by atoms with Crippen molar-refractivity contribution in [2.24, 2.45) is 4.99 Å². The van der Waals surface area contributed by atoms with Crippen molar-refractivity contribution in [3.63, 3.8) is 0 Å². The van der Waals surface area contributed by atoms with Crippen LogP contribution in [0.2, 0.25) is 0 Å². The summed E-state index contributed by atoms with van der Waals surface area (Å²) in [7, 11) is 2.60. The summed E-state index contributed by atoms with van der Waals surface area (Å²) >= 11 is 0.746. The molecule has 1 aliphatic rings. The molecule has 42 heavy (non-hydrogen) atoms. The fourth-order valence-electron chi connectivity index (χ4n) is 4.83. The van der Waals surface area contributed by atoms with Gasteiger partial charge in [-0.15, -0.1) is 0 Å². The second kappa shape index (κ2) is 11.3. The van der Waals surface area contributed by atoms with E-state index in [9.17, 15) is 27.6 Å². The van der Waals surface area contributed by atoms with E-state index in [1.165, 1.54) is 39.4 Å². The number of benzene rings is 3. The predicted octanol–water partition coefficient (Wildman–Crippen LogP) is 4.29. The molecule has 5 rings (SSSR count). The van der Waals surface area contributed by atoms with Gasteiger partial charge in [0.2, 0.25) is 0 Å². The van der Waals surface area contributed by atoms with E-state index in [1.807, 2.05) is 0 Å². The van der Waals surface area contributed by atoms with Gasteiger partial charge in [0.05, 0.1) is 36.5 Å². The number of hydrogen-bond donors (Lipinski definition) is 0. The number of rotatable bonds is 6. The molecule has 0 saturated carbocycles. The van der Waals surface area contributed by atoms with Crippen LogP contribution in [-0.4, -0.2) is 43.5 Å². The molecule has 0 amide bonds. The van der Waals surface area contributed by atoms with Crippen LogP contribution in [-0.2, 0) is 14.3 Å². The number of esters is 2. The summed E-state index contributed by atoms with van der Waals surface area (Å²) in [5.41, 5.74) is -1.96. The Morgan fingerprint density at radius 3 is 2.38 bits per heavy atom. The molecule has 1 aromatic heterocycles. The van der Waals surface area contributed by atoms with Crippen molar-refractivity contribution in [2.75, 3.05) is 20.8 Å². The lowest BCUT2D eigenvalue weighted by Gasteiger charge is -2.28. The Bertz CT molecular complexity index is 1920. The van der Waals surface area contributed by atoms with Gasteiger partial charge in [-0.1, -0.05) is 53.8 Å². The zero-order chi connectivity index (χ0) is 30.2. The van der Waals surface area contributed by atoms with Crippen LogP contribution < -0.4 is 19.6 Å². The fourth-order valence-corrected chi connectivity index (χ4v) is 5.83. The van der Waals surface area contributed by atoms with E-state index in [1.54, 1.807) is 48.5 Å². The van der Waals surface area contributed by atoms with Crippen LogP contribution in [0.25, 0.3) is 16.8 Å². The van der Waals surface area contributed by atoms with Crippen LogP contribution in [0.3, 0.4) is 0 Å². The standard InChI is InChI=1S/C30H23F3N2O6S/c1-4-41-28(38)23-24(22-19-8-6-5-7-17(19)13-14-20(22)39-2)35-26(36)21(42-29(35)34-25(23)30(31,32)33)15-16-9-11-18(12-10-16)27(37)40-3/h5-15,24H,4H2,1-3H3/b21-15-/t24-/m0/s1. The summed E-state index contributed by atoms with van der Waals surface area (Å²) in [4.78, 5) is 42.6. The molecule has 8 nitrogen and oxygen atoms in total. The normalized spacial score (nSPS) is 15.3. The van der Waals surface area contributed by atoms with Gasteiger partial charge in [-0.05, 0) is 47.5 Å². The molecule has 0 N–H and O–H groups in total. The molecule has 4 aromatic rings. The number of ether oxygens (including phenoxy) is 3. The van der Waals surface area contributed by atoms with Gasteiger partial charge >= 0.3 is 18.1 Å². The van der Waals surface area contributed by atoms with E-state index < -0.39 is 41.0 Å². The number of alkyl halides is 3. The molecule has 216 valence electrons. The van der Waals surface area contributed by atoms with Gasteiger partial charge < -0.3 is 14.2 Å². The molecular weight excluding hydrogens is 573 g/mol. The molecule has 0 spiro atoms. The molecule has 0 unspecified atom stereocenters. The maximum absolute atomic E-state index is 14.5. The number of carbonyl (C=O) groups excluding carboxylic acids is 2. The predicted molar refractivity (Wildman–Crippen MR) is 149 cm³/mol. The third-order valence-electron chi connectivity index (χ3n) is 6.65. The maximum atomic E-state index is 14.5. The highest BCUT2D eigenvalue weighted by atomic mass is 32.1. The average molecular weight is 597 g/mol. The van der Waals surface area contributed by atoms with E-state index in [-0.39, 0.29) is 32.8 Å². The Kier molecular flexibility index (Phi) is 7.74. The molecule has 2 heterocycles. The van der Waals surface area contributed by atoms with Crippen molar-refractivity contribution in [3.8, 4) is 5.75 Å². The maximum Gasteiger partial charge on any atom is 0.434 e. The Balaban J connectivity index is 1.85. The van der Waals surface area contributed by atoms with E-state index in [4.69, 9.17) is 14.2 Å². The summed E-state index contributed by atoms with van der Waals surface area (Å²) in [6.07, 6.45) is -3.57. The SMILES string of the molecule is CCOC(=O)C1=C(C(F)(F)F)N=c2s/c(=C\c3ccc(C(=O)OC)cc3)c(=O)n2[C@H]1c1c(OC)ccc2ccccc12. The van der Waals surface area contributed by atoms with Gasteiger partial charge in [-0.25, -0.2) is 14.6 Å². The van der Waals surface area contributed by atoms with Crippen molar-refractivity contribution in [1.29, 1.82) is 0 Å². The van der Waals surface area contributed by atoms with Gasteiger partial charge in [0.25, 0.3) is 5.56 Å². The average Bonchev–Trinajstić information content (AvgIpc) is 3.29. The first-order valence-electron chi connectivity index (χ1n) is 12.6. The lowest BCUT2D eigenvalue weighted by Crippen LogP contribution is -2.41. The molecule has 0 bridgehead atoms. The third-order valence-corrected chi connectivity index (χ3v) is 7.63. The molecular formula is C30H23F3N2O6S. The second-order valence-electron chi connectivity index (χ2n) is 9.08. The van der Waals surface area contributed by atoms with Crippen LogP contribution in [0.5, 0.6) is 5.75 Å². The van der Waals surface area contributed by atoms with Crippen molar-refractivity contribution < 1.29 is 37.0 Å². The van der Waals surface area contributed by atoms with E-state index in [0.29, 0.717) is 16.3 Å². The van der Waals surface area contributed by atoms with Gasteiger partial charge in [-0.3, -0.25) is 9.36 Å². The minimum absolute atomic E-state index is 0.0652. The Hall–Kier alpha value is -4.71. The minimum Gasteiger partial charge on any atom is -0.496 e. The number of allylic oxidation sites excluding steroid dienone is 1. The van der Waals surface area contributed by atoms with Gasteiger partial charge in [0.1, 0.15) is 11.8 Å². The highest BCUT2D eigenvalue weighted by Crippen LogP contribution is 2.43. The lowest BCUT2D eigenvalue weighted by molar-refractivity contribution is -0.140. The van der Waals surface area contributed by atoms with Crippen LogP contribution in [0.1, 0.15) is 34.5 Å². The number of fused-ring (bicyclic) bond motifs is 2. The molecule has 1 atom stereocenters. The molecule has 12 heteroatoms. The first kappa shape index (κ1) is 28.8. The summed E-state index contributed by atoms with van der Waals surface area (Å²) in [6.45, 7) is 1.28. The van der Waals surface area contributed by atoms with Crippen molar-refractivity contribution in [1.82, 2.24) is 4.57 Å². The Morgan fingerprint density at radius 2 is 1.74 bits per heavy atom. The Labute approximate surface area is 240 Å². The summed E-state index contributed by atoms with van der Waals surface area (Å²) in [5.74, 6) is -1.62. The van der Waals surface area contributed by atoms with Crippen molar-refractivity contribution in [2.45, 2.75) is 19.1 Å². The van der Waals surface area contributed by atoms with E-state index in [0.717, 1.165) is 15.9 Å². The quantitative estimate of drug-likeness (QED) is 0.308. The number of methoxy groups -OCH3 is 2. The largest absolute Gasteiger partial charge is 0.496 e. The molecule has 3 aromatic carbocycles. The number of carbonyl (C=O) groups is 2. The highest BCUT2D eigenvalue weighted by molar-refractivity contribution is 7.07. The van der Waals surface area contributed by atoms with Crippen LogP contribution in [0.4, 0.5) is 13.2 Å². The molecule has 1 aliphatic heterocycles. The number of thiazole rings is 1.